The molecule has 3 aromatic rings. The van der Waals surface area contributed by atoms with Crippen LogP contribution in [0.5, 0.6) is 0 Å². The molecule has 1 saturated heterocycles. The number of nitrogens with one attached hydrogen (secondary N) is 1. The van der Waals surface area contributed by atoms with Gasteiger partial charge in [-0.05, 0) is 48.1 Å². The highest BCUT2D eigenvalue weighted by Crippen LogP contribution is 2.33. The van der Waals surface area contributed by atoms with Crippen molar-refractivity contribution >= 4 is 10.9 Å². The Kier molecular flexibility index (Phi) is 4.02. The monoisotopic (exact) mass is 330 g/mol. The molecule has 0 saturated carbocycles. The molecule has 0 spiro atoms. The van der Waals surface area contributed by atoms with E-state index in [4.69, 9.17) is 0 Å². The fraction of sp³-hybridized carbons (Fsp3) is 0.227. The van der Waals surface area contributed by atoms with Gasteiger partial charge in [0.2, 0.25) is 0 Å². The molecule has 2 heterocycles. The number of fused-ring (bicyclic) bond motifs is 1. The lowest BCUT2D eigenvalue weighted by Gasteiger charge is -2.28. The van der Waals surface area contributed by atoms with Crippen LogP contribution in [0.1, 0.15) is 29.2 Å². The summed E-state index contributed by atoms with van der Waals surface area (Å²) in [5.41, 5.74) is 5.45. The van der Waals surface area contributed by atoms with Gasteiger partial charge >= 0.3 is 0 Å². The van der Waals surface area contributed by atoms with Crippen molar-refractivity contribution in [2.45, 2.75) is 19.4 Å². The molecule has 1 fully saturated rings. The summed E-state index contributed by atoms with van der Waals surface area (Å²) < 4.78 is 0. The Hall–Kier alpha value is -2.65. The summed E-state index contributed by atoms with van der Waals surface area (Å²) in [6.07, 6.45) is 1.06. The zero-order chi connectivity index (χ0) is 17.4. The highest BCUT2D eigenvalue weighted by atomic mass is 16.1. The lowest BCUT2D eigenvalue weighted by molar-refractivity contribution is 0.286. The Balaban J connectivity index is 1.84. The zero-order valence-corrected chi connectivity index (χ0v) is 14.5. The lowest BCUT2D eigenvalue weighted by atomic mass is 9.95. The molecule has 0 radical (unpaired) electrons. The van der Waals surface area contributed by atoms with Crippen LogP contribution in [0.15, 0.2) is 71.5 Å². The topological polar surface area (TPSA) is 36.1 Å². The van der Waals surface area contributed by atoms with Gasteiger partial charge in [-0.1, -0.05) is 48.6 Å². The number of aromatic nitrogens is 1. The van der Waals surface area contributed by atoms with Crippen LogP contribution < -0.4 is 5.56 Å². The van der Waals surface area contributed by atoms with E-state index in [9.17, 15) is 4.79 Å². The summed E-state index contributed by atoms with van der Waals surface area (Å²) in [5.74, 6) is 0. The van der Waals surface area contributed by atoms with Gasteiger partial charge in [0.05, 0.1) is 6.04 Å². The van der Waals surface area contributed by atoms with E-state index in [-0.39, 0.29) is 11.6 Å². The first-order valence-corrected chi connectivity index (χ1v) is 8.71. The summed E-state index contributed by atoms with van der Waals surface area (Å²) in [6.45, 7) is 7.98. The van der Waals surface area contributed by atoms with E-state index < -0.39 is 0 Å². The van der Waals surface area contributed by atoms with Gasteiger partial charge in [-0.2, -0.15) is 0 Å². The normalized spacial score (nSPS) is 16.4. The van der Waals surface area contributed by atoms with E-state index in [0.29, 0.717) is 0 Å². The fourth-order valence-corrected chi connectivity index (χ4v) is 3.72. The van der Waals surface area contributed by atoms with Gasteiger partial charge in [-0.3, -0.25) is 9.69 Å². The van der Waals surface area contributed by atoms with Gasteiger partial charge in [0.25, 0.3) is 5.56 Å². The molecule has 3 heteroatoms. The van der Waals surface area contributed by atoms with Crippen molar-refractivity contribution in [1.29, 1.82) is 0 Å². The Morgan fingerprint density at radius 3 is 2.60 bits per heavy atom. The Labute approximate surface area is 147 Å². The molecule has 0 bridgehead atoms. The minimum Gasteiger partial charge on any atom is -0.322 e. The van der Waals surface area contributed by atoms with Crippen molar-refractivity contribution in [3.05, 3.63) is 93.8 Å². The third-order valence-corrected chi connectivity index (χ3v) is 5.03. The molecular weight excluding hydrogens is 308 g/mol. The molecule has 1 aromatic heterocycles. The molecule has 1 aliphatic heterocycles. The SMILES string of the molecule is C=C1CCN(C(c2ccccc2)c2ccc3[nH]c(=O)c(C)cc3c2)C1. The number of nitrogens with zero attached hydrogens (tertiary/aromatic N) is 1. The Morgan fingerprint density at radius 2 is 1.88 bits per heavy atom. The van der Waals surface area contributed by atoms with Crippen LogP contribution in [-0.2, 0) is 0 Å². The predicted octanol–water partition coefficient (Wildman–Crippen LogP) is 4.19. The number of aromatic amines is 1. The zero-order valence-electron chi connectivity index (χ0n) is 14.5. The minimum absolute atomic E-state index is 0.0179. The first kappa shape index (κ1) is 15.9. The van der Waals surface area contributed by atoms with Crippen LogP contribution in [0.4, 0.5) is 0 Å². The summed E-state index contributed by atoms with van der Waals surface area (Å²) in [5, 5.41) is 1.08. The molecule has 1 unspecified atom stereocenters. The molecule has 0 amide bonds. The molecule has 3 nitrogen and oxygen atoms in total. The molecule has 1 aliphatic rings. The van der Waals surface area contributed by atoms with Crippen molar-refractivity contribution in [3.8, 4) is 0 Å². The summed E-state index contributed by atoms with van der Waals surface area (Å²) in [4.78, 5) is 17.3. The number of hydrogen-bond donors (Lipinski definition) is 1. The van der Waals surface area contributed by atoms with Crippen molar-refractivity contribution in [2.75, 3.05) is 13.1 Å². The van der Waals surface area contributed by atoms with Crippen LogP contribution in [0.2, 0.25) is 0 Å². The second kappa shape index (κ2) is 6.34. The van der Waals surface area contributed by atoms with Crippen LogP contribution in [0.25, 0.3) is 10.9 Å². The fourth-order valence-electron chi connectivity index (χ4n) is 3.72. The maximum absolute atomic E-state index is 11.8. The average molecular weight is 330 g/mol. The van der Waals surface area contributed by atoms with Gasteiger partial charge in [-0.25, -0.2) is 0 Å². The Bertz CT molecular complexity index is 988. The van der Waals surface area contributed by atoms with E-state index in [2.05, 4.69) is 58.9 Å². The molecular formula is C22H22N2O. The number of benzene rings is 2. The second-order valence-electron chi connectivity index (χ2n) is 6.91. The van der Waals surface area contributed by atoms with Gasteiger partial charge in [-0.15, -0.1) is 0 Å². The van der Waals surface area contributed by atoms with E-state index in [1.807, 2.05) is 19.1 Å². The van der Waals surface area contributed by atoms with Crippen molar-refractivity contribution in [1.82, 2.24) is 9.88 Å². The summed E-state index contributed by atoms with van der Waals surface area (Å²) in [6, 6.07) is 19.2. The predicted molar refractivity (Wildman–Crippen MR) is 103 cm³/mol. The molecule has 4 rings (SSSR count). The molecule has 25 heavy (non-hydrogen) atoms. The van der Waals surface area contributed by atoms with E-state index in [1.165, 1.54) is 16.7 Å². The molecule has 1 atom stereocenters. The highest BCUT2D eigenvalue weighted by molar-refractivity contribution is 5.80. The molecule has 1 N–H and O–H groups in total. The number of H-pyrrole nitrogens is 1. The van der Waals surface area contributed by atoms with Gasteiger partial charge < -0.3 is 4.98 Å². The first-order chi connectivity index (χ1) is 12.1. The number of hydrogen-bond acceptors (Lipinski definition) is 2. The Morgan fingerprint density at radius 1 is 1.08 bits per heavy atom. The standard InChI is InChI=1S/C22H22N2O/c1-15-10-11-24(14-15)21(17-6-4-3-5-7-17)18-8-9-20-19(13-18)12-16(2)22(25)23-20/h3-9,12-13,21H,1,10-11,14H2,2H3,(H,23,25). The highest BCUT2D eigenvalue weighted by Gasteiger charge is 2.26. The maximum Gasteiger partial charge on any atom is 0.251 e. The van der Waals surface area contributed by atoms with Crippen LogP contribution in [0, 0.1) is 6.92 Å². The molecule has 126 valence electrons. The average Bonchev–Trinajstić information content (AvgIpc) is 3.03. The smallest absolute Gasteiger partial charge is 0.251 e. The van der Waals surface area contributed by atoms with Crippen LogP contribution >= 0.6 is 0 Å². The number of aryl methyl sites for hydroxylation is 1. The van der Waals surface area contributed by atoms with Gasteiger partial charge in [0.1, 0.15) is 0 Å². The molecule has 2 aromatic carbocycles. The number of rotatable bonds is 3. The second-order valence-corrected chi connectivity index (χ2v) is 6.91. The van der Waals surface area contributed by atoms with E-state index >= 15 is 0 Å². The van der Waals surface area contributed by atoms with Crippen molar-refractivity contribution < 1.29 is 0 Å². The number of likely N-dealkylation sites (tertiary alicyclic amines) is 1. The third kappa shape index (κ3) is 3.03. The van der Waals surface area contributed by atoms with E-state index in [0.717, 1.165) is 36.0 Å². The number of pyridine rings is 1. The summed E-state index contributed by atoms with van der Waals surface area (Å²) in [7, 11) is 0. The third-order valence-electron chi connectivity index (χ3n) is 5.03. The van der Waals surface area contributed by atoms with Crippen LogP contribution in [0.3, 0.4) is 0 Å². The quantitative estimate of drug-likeness (QED) is 0.731. The van der Waals surface area contributed by atoms with Crippen LogP contribution in [-0.4, -0.2) is 23.0 Å². The van der Waals surface area contributed by atoms with E-state index in [1.54, 1.807) is 0 Å². The lowest BCUT2D eigenvalue weighted by Crippen LogP contribution is -2.26. The van der Waals surface area contributed by atoms with Gasteiger partial charge in [0, 0.05) is 24.2 Å². The first-order valence-electron chi connectivity index (χ1n) is 8.71. The summed E-state index contributed by atoms with van der Waals surface area (Å²) >= 11 is 0. The minimum atomic E-state index is -0.0179. The largest absolute Gasteiger partial charge is 0.322 e. The maximum atomic E-state index is 11.8. The van der Waals surface area contributed by atoms with Crippen molar-refractivity contribution in [2.24, 2.45) is 0 Å². The molecule has 0 aliphatic carbocycles. The van der Waals surface area contributed by atoms with Crippen molar-refractivity contribution in [3.63, 3.8) is 0 Å². The van der Waals surface area contributed by atoms with Gasteiger partial charge in [0.15, 0.2) is 0 Å².